The molecule has 2 aliphatic heterocycles. The number of nitrogens with zero attached hydrogens (tertiary/aromatic N) is 4. The maximum Gasteiger partial charge on any atom is 0.429 e. The molecule has 0 radical (unpaired) electrons. The van der Waals surface area contributed by atoms with Gasteiger partial charge in [-0.25, -0.2) is 39.2 Å². The molecule has 334 valence electrons. The Morgan fingerprint density at radius 1 is 0.656 bits per heavy atom. The Balaban J connectivity index is 1.17. The number of amides is 5. The lowest BCUT2D eigenvalue weighted by Gasteiger charge is -2.48. The molecule has 2 saturated heterocycles. The van der Waals surface area contributed by atoms with Crippen LogP contribution in [0.25, 0.3) is 11.1 Å². The highest BCUT2D eigenvalue weighted by Crippen LogP contribution is 2.44. The molecule has 15 heteroatoms. The first-order valence-electron chi connectivity index (χ1n) is 21.6. The molecular weight excluding hydrogens is 819 g/mol. The fourth-order valence-corrected chi connectivity index (χ4v) is 8.42. The molecule has 1 aliphatic carbocycles. The Morgan fingerprint density at radius 3 is 1.69 bits per heavy atom. The van der Waals surface area contributed by atoms with Crippen molar-refractivity contribution in [2.24, 2.45) is 5.92 Å². The molecular formula is C49H53N5O10. The zero-order chi connectivity index (χ0) is 45.2. The summed E-state index contributed by atoms with van der Waals surface area (Å²) >= 11 is 0. The van der Waals surface area contributed by atoms with Crippen molar-refractivity contribution in [2.75, 3.05) is 26.3 Å². The number of alkyl carbamates (subject to hydrolysis) is 1. The smallest absolute Gasteiger partial charge is 0.429 e. The van der Waals surface area contributed by atoms with Gasteiger partial charge >= 0.3 is 24.2 Å². The first-order valence-corrected chi connectivity index (χ1v) is 21.6. The van der Waals surface area contributed by atoms with E-state index in [1.807, 2.05) is 60.7 Å². The minimum atomic E-state index is -1.45. The molecule has 0 aromatic heterocycles. The van der Waals surface area contributed by atoms with E-state index in [4.69, 9.17) is 18.9 Å². The molecule has 4 aromatic rings. The first kappa shape index (κ1) is 44.9. The van der Waals surface area contributed by atoms with Crippen molar-refractivity contribution < 1.29 is 47.7 Å². The molecule has 4 aromatic carbocycles. The Kier molecular flexibility index (Phi) is 14.6. The predicted molar refractivity (Wildman–Crippen MR) is 234 cm³/mol. The molecule has 1 N–H and O–H groups in total. The number of carbonyl (C=O) groups is 6. The molecule has 3 atom stereocenters. The zero-order valence-electron chi connectivity index (χ0n) is 36.0. The van der Waals surface area contributed by atoms with Gasteiger partial charge in [0.2, 0.25) is 0 Å². The van der Waals surface area contributed by atoms with Gasteiger partial charge in [-0.1, -0.05) is 136 Å². The van der Waals surface area contributed by atoms with E-state index >= 15 is 9.59 Å². The van der Waals surface area contributed by atoms with Crippen molar-refractivity contribution in [3.63, 3.8) is 0 Å². The van der Waals surface area contributed by atoms with Gasteiger partial charge in [0, 0.05) is 19.0 Å². The maximum atomic E-state index is 15.2. The van der Waals surface area contributed by atoms with Gasteiger partial charge in [0.15, 0.2) is 6.04 Å². The first-order chi connectivity index (χ1) is 31.1. The summed E-state index contributed by atoms with van der Waals surface area (Å²) in [5.41, 5.74) is 5.51. The minimum Gasteiger partial charge on any atom is -0.460 e. The van der Waals surface area contributed by atoms with E-state index in [-0.39, 0.29) is 64.7 Å². The Labute approximate surface area is 372 Å². The summed E-state index contributed by atoms with van der Waals surface area (Å²) in [7, 11) is 0. The van der Waals surface area contributed by atoms with Crippen LogP contribution in [0, 0.1) is 5.92 Å². The fourth-order valence-electron chi connectivity index (χ4n) is 8.42. The molecule has 5 amide bonds. The Morgan fingerprint density at radius 2 is 1.16 bits per heavy atom. The molecule has 15 nitrogen and oxygen atoms in total. The average molecular weight is 872 g/mol. The number of esters is 1. The summed E-state index contributed by atoms with van der Waals surface area (Å²) < 4.78 is 22.6. The highest BCUT2D eigenvalue weighted by Gasteiger charge is 2.50. The third kappa shape index (κ3) is 10.0. The van der Waals surface area contributed by atoms with Crippen LogP contribution in [0.5, 0.6) is 0 Å². The fraction of sp³-hybridized carbons (Fsp3) is 0.347. The van der Waals surface area contributed by atoms with E-state index in [1.54, 1.807) is 62.4 Å². The molecule has 0 spiro atoms. The normalized spacial score (nSPS) is 17.4. The van der Waals surface area contributed by atoms with Crippen molar-refractivity contribution in [1.82, 2.24) is 25.4 Å². The van der Waals surface area contributed by atoms with Crippen LogP contribution in [0.4, 0.5) is 14.4 Å². The second-order valence-electron chi connectivity index (χ2n) is 16.1. The monoisotopic (exact) mass is 871 g/mol. The number of fused-ring (bicyclic) bond motifs is 3. The standard InChI is InChI=1S/C49H53N5O10/c1-4-29-61-46(57)42-26-16-28-52(49(60)64-31-35-19-9-6-10-20-35)54(42)44(55)41-25-15-27-51(48(59)63-30-34-17-7-5-8-18-34)53(41)45(56)43(33(2)3)50-47(58)62-32-40-38-23-13-11-21-36(38)37-22-12-14-24-39(37)40/h4-14,17-24,33,40-43H,1,15-16,25-32H2,2-3H3,(H,50,58)/t41-,42+,43+/m0/s1. The van der Waals surface area contributed by atoms with E-state index < -0.39 is 60.1 Å². The van der Waals surface area contributed by atoms with Gasteiger partial charge < -0.3 is 24.3 Å². The summed E-state index contributed by atoms with van der Waals surface area (Å²) in [6, 6.07) is 29.7. The number of ether oxygens (including phenoxy) is 4. The predicted octanol–water partition coefficient (Wildman–Crippen LogP) is 7.37. The number of rotatable bonds is 13. The lowest BCUT2D eigenvalue weighted by atomic mass is 9.98. The van der Waals surface area contributed by atoms with Crippen LogP contribution in [0.2, 0.25) is 0 Å². The molecule has 0 saturated carbocycles. The van der Waals surface area contributed by atoms with Crippen molar-refractivity contribution >= 4 is 36.1 Å². The van der Waals surface area contributed by atoms with Gasteiger partial charge in [0.1, 0.15) is 38.5 Å². The summed E-state index contributed by atoms with van der Waals surface area (Å²) in [5, 5.41) is 6.83. The van der Waals surface area contributed by atoms with Gasteiger partial charge in [0.25, 0.3) is 11.8 Å². The van der Waals surface area contributed by atoms with Gasteiger partial charge in [-0.2, -0.15) is 0 Å². The molecule has 0 unspecified atom stereocenters. The number of hydrogen-bond acceptors (Lipinski definition) is 10. The molecule has 7 rings (SSSR count). The van der Waals surface area contributed by atoms with Gasteiger partial charge in [-0.05, 0) is 65.0 Å². The van der Waals surface area contributed by atoms with Crippen LogP contribution >= 0.6 is 0 Å². The molecule has 2 heterocycles. The second-order valence-corrected chi connectivity index (χ2v) is 16.1. The topological polar surface area (TPSA) is 164 Å². The molecule has 64 heavy (non-hydrogen) atoms. The minimum absolute atomic E-state index is 0.00601. The van der Waals surface area contributed by atoms with E-state index in [0.717, 1.165) is 42.3 Å². The van der Waals surface area contributed by atoms with Crippen LogP contribution in [0.1, 0.15) is 67.7 Å². The largest absolute Gasteiger partial charge is 0.460 e. The second kappa shape index (κ2) is 20.8. The van der Waals surface area contributed by atoms with Crippen molar-refractivity contribution in [1.29, 1.82) is 0 Å². The van der Waals surface area contributed by atoms with Crippen molar-refractivity contribution in [3.8, 4) is 11.1 Å². The maximum absolute atomic E-state index is 15.2. The average Bonchev–Trinajstić information content (AvgIpc) is 3.65. The van der Waals surface area contributed by atoms with Gasteiger partial charge in [-0.15, -0.1) is 0 Å². The Bertz CT molecular complexity index is 2280. The third-order valence-electron chi connectivity index (χ3n) is 11.5. The van der Waals surface area contributed by atoms with Crippen LogP contribution in [0.3, 0.4) is 0 Å². The summed E-state index contributed by atoms with van der Waals surface area (Å²) in [6.45, 7) is 6.61. The summed E-state index contributed by atoms with van der Waals surface area (Å²) in [4.78, 5) is 85.7. The number of benzene rings is 4. The zero-order valence-corrected chi connectivity index (χ0v) is 36.0. The van der Waals surface area contributed by atoms with Crippen LogP contribution < -0.4 is 5.32 Å². The van der Waals surface area contributed by atoms with Gasteiger partial charge in [-0.3, -0.25) is 9.59 Å². The van der Waals surface area contributed by atoms with E-state index in [0.29, 0.717) is 17.5 Å². The summed E-state index contributed by atoms with van der Waals surface area (Å²) in [6.07, 6.45) is -0.587. The number of nitrogens with one attached hydrogen (secondary N) is 1. The van der Waals surface area contributed by atoms with E-state index in [2.05, 4.69) is 11.9 Å². The van der Waals surface area contributed by atoms with Crippen molar-refractivity contribution in [3.05, 3.63) is 144 Å². The highest BCUT2D eigenvalue weighted by atomic mass is 16.6. The van der Waals surface area contributed by atoms with Crippen LogP contribution in [0.15, 0.2) is 122 Å². The lowest BCUT2D eigenvalue weighted by molar-refractivity contribution is -0.187. The molecule has 3 aliphatic rings. The van der Waals surface area contributed by atoms with Crippen molar-refractivity contribution in [2.45, 2.75) is 76.8 Å². The quantitative estimate of drug-likeness (QED) is 0.0815. The molecule has 2 fully saturated rings. The van der Waals surface area contributed by atoms with Crippen LogP contribution in [-0.2, 0) is 46.5 Å². The third-order valence-corrected chi connectivity index (χ3v) is 11.5. The lowest BCUT2D eigenvalue weighted by Crippen LogP contribution is -2.69. The highest BCUT2D eigenvalue weighted by molar-refractivity contribution is 5.95. The Hall–Kier alpha value is -7.16. The van der Waals surface area contributed by atoms with Crippen LogP contribution in [-0.4, -0.2) is 101 Å². The SMILES string of the molecule is C=CCOC(=O)[C@H]1CCCN(C(=O)OCc2ccccc2)N1C(=O)[C@@H]1CCCN(C(=O)OCc2ccccc2)N1C(=O)[C@H](NC(=O)OCC1c2ccccc2-c2ccccc21)C(C)C. The molecule has 0 bridgehead atoms. The number of hydrazine groups is 2. The number of hydrogen-bond donors (Lipinski definition) is 1. The van der Waals surface area contributed by atoms with Gasteiger partial charge in [0.05, 0.1) is 0 Å². The summed E-state index contributed by atoms with van der Waals surface area (Å²) in [5.74, 6) is -3.26. The number of carbonyl (C=O) groups excluding carboxylic acids is 6. The van der Waals surface area contributed by atoms with E-state index in [9.17, 15) is 19.2 Å². The van der Waals surface area contributed by atoms with E-state index in [1.165, 1.54) is 6.08 Å².